The van der Waals surface area contributed by atoms with Gasteiger partial charge in [-0.15, -0.1) is 0 Å². The van der Waals surface area contributed by atoms with E-state index in [4.69, 9.17) is 4.42 Å². The molecule has 0 radical (unpaired) electrons. The molecule has 0 bridgehead atoms. The average Bonchev–Trinajstić information content (AvgIpc) is 2.93. The molecule has 5 heteroatoms. The second-order valence-corrected chi connectivity index (χ2v) is 5.63. The molecule has 0 aliphatic heterocycles. The Morgan fingerprint density at radius 2 is 2.10 bits per heavy atom. The van der Waals surface area contributed by atoms with Crippen molar-refractivity contribution in [1.82, 2.24) is 5.32 Å². The number of carboxylic acid groups (broad SMARTS) is 1. The lowest BCUT2D eigenvalue weighted by atomic mass is 9.71. The van der Waals surface area contributed by atoms with Crippen LogP contribution in [0.1, 0.15) is 57.3 Å². The summed E-state index contributed by atoms with van der Waals surface area (Å²) in [4.78, 5) is 23.6. The summed E-state index contributed by atoms with van der Waals surface area (Å²) < 4.78 is 5.23. The zero-order valence-electron chi connectivity index (χ0n) is 11.7. The van der Waals surface area contributed by atoms with Crippen LogP contribution in [-0.2, 0) is 9.59 Å². The Bertz CT molecular complexity index is 460. The Morgan fingerprint density at radius 1 is 1.40 bits per heavy atom. The van der Waals surface area contributed by atoms with Gasteiger partial charge >= 0.3 is 5.97 Å². The second-order valence-electron chi connectivity index (χ2n) is 5.63. The van der Waals surface area contributed by atoms with E-state index in [0.717, 1.165) is 19.3 Å². The van der Waals surface area contributed by atoms with Crippen molar-refractivity contribution in [2.45, 2.75) is 51.5 Å². The van der Waals surface area contributed by atoms with Gasteiger partial charge in [-0.25, -0.2) is 0 Å². The van der Waals surface area contributed by atoms with Gasteiger partial charge in [-0.1, -0.05) is 19.3 Å². The van der Waals surface area contributed by atoms with Gasteiger partial charge < -0.3 is 14.8 Å². The van der Waals surface area contributed by atoms with Gasteiger partial charge in [0.1, 0.15) is 5.76 Å². The van der Waals surface area contributed by atoms with Crippen LogP contribution in [0, 0.1) is 5.41 Å². The third kappa shape index (κ3) is 3.21. The molecular formula is C15H21NO4. The first kappa shape index (κ1) is 14.6. The molecule has 1 heterocycles. The molecule has 0 aromatic carbocycles. The van der Waals surface area contributed by atoms with Crippen LogP contribution < -0.4 is 5.32 Å². The maximum absolute atomic E-state index is 12.1. The highest BCUT2D eigenvalue weighted by Gasteiger charge is 2.41. The number of hydrogen-bond donors (Lipinski definition) is 2. The molecule has 1 saturated carbocycles. The van der Waals surface area contributed by atoms with E-state index < -0.39 is 11.4 Å². The normalized spacial score (nSPS) is 19.2. The van der Waals surface area contributed by atoms with E-state index in [2.05, 4.69) is 5.32 Å². The van der Waals surface area contributed by atoms with E-state index in [1.165, 1.54) is 0 Å². The summed E-state index contributed by atoms with van der Waals surface area (Å²) in [6.45, 7) is 1.82. The summed E-state index contributed by atoms with van der Waals surface area (Å²) in [5.74, 6) is -0.400. The van der Waals surface area contributed by atoms with Crippen molar-refractivity contribution in [2.24, 2.45) is 5.41 Å². The summed E-state index contributed by atoms with van der Waals surface area (Å²) in [6.07, 6.45) is 5.60. The number of nitrogens with one attached hydrogen (secondary N) is 1. The Hall–Kier alpha value is -1.78. The Kier molecular flexibility index (Phi) is 4.47. The number of carbonyl (C=O) groups excluding carboxylic acids is 1. The third-order valence-corrected chi connectivity index (χ3v) is 4.11. The van der Waals surface area contributed by atoms with Crippen LogP contribution in [0.3, 0.4) is 0 Å². The first-order chi connectivity index (χ1) is 9.53. The smallest absolute Gasteiger partial charge is 0.310 e. The van der Waals surface area contributed by atoms with Gasteiger partial charge in [0.15, 0.2) is 0 Å². The molecule has 1 aromatic rings. The molecule has 20 heavy (non-hydrogen) atoms. The second kappa shape index (κ2) is 6.11. The minimum Gasteiger partial charge on any atom is -0.481 e. The maximum Gasteiger partial charge on any atom is 0.310 e. The molecule has 1 amide bonds. The Labute approximate surface area is 118 Å². The quantitative estimate of drug-likeness (QED) is 0.868. The largest absolute Gasteiger partial charge is 0.481 e. The van der Waals surface area contributed by atoms with E-state index in [-0.39, 0.29) is 18.4 Å². The van der Waals surface area contributed by atoms with Crippen molar-refractivity contribution >= 4 is 11.9 Å². The summed E-state index contributed by atoms with van der Waals surface area (Å²) in [5.41, 5.74) is -0.884. The van der Waals surface area contributed by atoms with Gasteiger partial charge in [-0.2, -0.15) is 0 Å². The van der Waals surface area contributed by atoms with Crippen molar-refractivity contribution in [1.29, 1.82) is 0 Å². The van der Waals surface area contributed by atoms with Crippen molar-refractivity contribution in [3.05, 3.63) is 24.2 Å². The fourth-order valence-corrected chi connectivity index (χ4v) is 2.90. The van der Waals surface area contributed by atoms with E-state index in [9.17, 15) is 14.7 Å². The van der Waals surface area contributed by atoms with Gasteiger partial charge in [0, 0.05) is 6.42 Å². The van der Waals surface area contributed by atoms with E-state index in [1.54, 1.807) is 18.4 Å². The summed E-state index contributed by atoms with van der Waals surface area (Å²) in [5, 5.41) is 12.3. The van der Waals surface area contributed by atoms with Crippen LogP contribution in [-0.4, -0.2) is 17.0 Å². The predicted molar refractivity (Wildman–Crippen MR) is 73.0 cm³/mol. The molecule has 1 aliphatic rings. The van der Waals surface area contributed by atoms with Crippen molar-refractivity contribution in [3.8, 4) is 0 Å². The zero-order valence-corrected chi connectivity index (χ0v) is 11.7. The van der Waals surface area contributed by atoms with Crippen molar-refractivity contribution < 1.29 is 19.1 Å². The number of hydrogen-bond acceptors (Lipinski definition) is 3. The van der Waals surface area contributed by atoms with Gasteiger partial charge in [0.05, 0.1) is 17.7 Å². The van der Waals surface area contributed by atoms with Crippen LogP contribution in [0.15, 0.2) is 22.8 Å². The molecule has 1 aromatic heterocycles. The number of carboxylic acids is 1. The molecule has 1 aliphatic carbocycles. The zero-order chi connectivity index (χ0) is 14.6. The highest BCUT2D eigenvalue weighted by atomic mass is 16.4. The molecule has 2 rings (SSSR count). The lowest BCUT2D eigenvalue weighted by Gasteiger charge is -2.32. The molecule has 0 saturated heterocycles. The topological polar surface area (TPSA) is 79.5 Å². The van der Waals surface area contributed by atoms with E-state index in [0.29, 0.717) is 18.6 Å². The van der Waals surface area contributed by atoms with Crippen LogP contribution in [0.5, 0.6) is 0 Å². The fraction of sp³-hybridized carbons (Fsp3) is 0.600. The van der Waals surface area contributed by atoms with Crippen LogP contribution in [0.25, 0.3) is 0 Å². The maximum atomic E-state index is 12.1. The number of rotatable bonds is 5. The van der Waals surface area contributed by atoms with Gasteiger partial charge in [-0.3, -0.25) is 9.59 Å². The predicted octanol–water partition coefficient (Wildman–Crippen LogP) is 2.88. The van der Waals surface area contributed by atoms with Gasteiger partial charge in [0.2, 0.25) is 5.91 Å². The number of aliphatic carboxylic acids is 1. The first-order valence-electron chi connectivity index (χ1n) is 7.10. The third-order valence-electron chi connectivity index (χ3n) is 4.11. The molecule has 110 valence electrons. The molecule has 1 fully saturated rings. The highest BCUT2D eigenvalue weighted by molar-refractivity contribution is 5.85. The molecule has 0 spiro atoms. The lowest BCUT2D eigenvalue weighted by Crippen LogP contribution is -2.39. The van der Waals surface area contributed by atoms with Crippen molar-refractivity contribution in [2.75, 3.05) is 0 Å². The SMILES string of the molecule is C[C@H](NC(=O)CC1(C(=O)O)CCCCC1)c1ccco1. The average molecular weight is 279 g/mol. The molecule has 0 unspecified atom stereocenters. The summed E-state index contributed by atoms with van der Waals surface area (Å²) >= 11 is 0. The van der Waals surface area contributed by atoms with Crippen LogP contribution in [0.2, 0.25) is 0 Å². The van der Waals surface area contributed by atoms with Crippen molar-refractivity contribution in [3.63, 3.8) is 0 Å². The standard InChI is InChI=1S/C15H21NO4/c1-11(12-6-5-9-20-12)16-13(17)10-15(14(18)19)7-3-2-4-8-15/h5-6,9,11H,2-4,7-8,10H2,1H3,(H,16,17)(H,18,19)/t11-/m0/s1. The monoisotopic (exact) mass is 279 g/mol. The van der Waals surface area contributed by atoms with Gasteiger partial charge in [-0.05, 0) is 31.9 Å². The fourth-order valence-electron chi connectivity index (χ4n) is 2.90. The molecule has 5 nitrogen and oxygen atoms in total. The minimum atomic E-state index is -0.884. The van der Waals surface area contributed by atoms with Crippen LogP contribution in [0.4, 0.5) is 0 Å². The first-order valence-corrected chi connectivity index (χ1v) is 7.10. The number of carbonyl (C=O) groups is 2. The van der Waals surface area contributed by atoms with E-state index >= 15 is 0 Å². The number of amides is 1. The summed E-state index contributed by atoms with van der Waals surface area (Å²) in [7, 11) is 0. The molecule has 2 N–H and O–H groups in total. The Morgan fingerprint density at radius 3 is 2.65 bits per heavy atom. The van der Waals surface area contributed by atoms with Crippen LogP contribution >= 0.6 is 0 Å². The lowest BCUT2D eigenvalue weighted by molar-refractivity contribution is -0.154. The minimum absolute atomic E-state index is 0.0490. The molecular weight excluding hydrogens is 258 g/mol. The molecule has 1 atom stereocenters. The summed E-state index contributed by atoms with van der Waals surface area (Å²) in [6, 6.07) is 3.31. The Balaban J connectivity index is 1.97. The highest BCUT2D eigenvalue weighted by Crippen LogP contribution is 2.39. The van der Waals surface area contributed by atoms with E-state index in [1.807, 2.05) is 6.92 Å². The number of furan rings is 1. The van der Waals surface area contributed by atoms with Gasteiger partial charge in [0.25, 0.3) is 0 Å².